The van der Waals surface area contributed by atoms with Crippen LogP contribution in [0.15, 0.2) is 48.8 Å². The molecule has 1 aromatic carbocycles. The van der Waals surface area contributed by atoms with Gasteiger partial charge in [0.25, 0.3) is 0 Å². The monoisotopic (exact) mass is 252 g/mol. The molecule has 0 saturated heterocycles. The highest BCUT2D eigenvalue weighted by Crippen LogP contribution is 2.25. The average molecular weight is 252 g/mol. The Labute approximate surface area is 109 Å². The third-order valence-corrected chi connectivity index (χ3v) is 3.26. The normalized spacial score (nSPS) is 10.8. The first-order valence-corrected chi connectivity index (χ1v) is 5.90. The second kappa shape index (κ2) is 4.24. The number of aryl methyl sites for hydroxylation is 1. The number of aromatic carboxylic acids is 1. The molecule has 2 aromatic heterocycles. The molecule has 4 heteroatoms. The van der Waals surface area contributed by atoms with Crippen LogP contribution in [0.1, 0.15) is 10.5 Å². The van der Waals surface area contributed by atoms with Gasteiger partial charge in [0.05, 0.1) is 0 Å². The zero-order valence-electron chi connectivity index (χ0n) is 10.4. The molecule has 3 rings (SSSR count). The zero-order valence-corrected chi connectivity index (χ0v) is 10.4. The van der Waals surface area contributed by atoms with Gasteiger partial charge in [-0.25, -0.2) is 4.79 Å². The molecular formula is C15H12N2O2. The van der Waals surface area contributed by atoms with Crippen molar-refractivity contribution in [1.82, 2.24) is 9.55 Å². The number of carbonyl (C=O) groups is 1. The fraction of sp³-hybridized carbons (Fsp3) is 0.0667. The first-order chi connectivity index (χ1) is 9.16. The SMILES string of the molecule is Cn1c(C(=O)O)cc2ccc(-c3cccnc3)cc21. The summed E-state index contributed by atoms with van der Waals surface area (Å²) in [5.41, 5.74) is 3.23. The van der Waals surface area contributed by atoms with Crippen molar-refractivity contribution in [1.29, 1.82) is 0 Å². The predicted molar refractivity (Wildman–Crippen MR) is 73.1 cm³/mol. The van der Waals surface area contributed by atoms with Gasteiger partial charge in [0.1, 0.15) is 5.69 Å². The second-order valence-electron chi connectivity index (χ2n) is 4.41. The van der Waals surface area contributed by atoms with Crippen LogP contribution in [-0.4, -0.2) is 20.6 Å². The Morgan fingerprint density at radius 3 is 2.74 bits per heavy atom. The molecule has 0 unspecified atom stereocenters. The van der Waals surface area contributed by atoms with Crippen LogP contribution in [0.5, 0.6) is 0 Å². The summed E-state index contributed by atoms with van der Waals surface area (Å²) >= 11 is 0. The van der Waals surface area contributed by atoms with E-state index in [1.165, 1.54) is 0 Å². The van der Waals surface area contributed by atoms with E-state index in [1.54, 1.807) is 30.1 Å². The molecule has 0 aliphatic heterocycles. The van der Waals surface area contributed by atoms with Crippen molar-refractivity contribution in [2.45, 2.75) is 0 Å². The van der Waals surface area contributed by atoms with E-state index >= 15 is 0 Å². The van der Waals surface area contributed by atoms with Crippen LogP contribution in [-0.2, 0) is 7.05 Å². The van der Waals surface area contributed by atoms with Crippen molar-refractivity contribution >= 4 is 16.9 Å². The maximum atomic E-state index is 11.1. The molecule has 0 saturated carbocycles. The molecule has 0 aliphatic rings. The van der Waals surface area contributed by atoms with Crippen LogP contribution < -0.4 is 0 Å². The lowest BCUT2D eigenvalue weighted by atomic mass is 10.1. The standard InChI is InChI=1S/C15H12N2O2/c1-17-13-7-10(12-3-2-6-16-9-12)4-5-11(13)8-14(17)15(18)19/h2-9H,1H3,(H,18,19). The number of benzene rings is 1. The van der Waals surface area contributed by atoms with E-state index in [-0.39, 0.29) is 0 Å². The van der Waals surface area contributed by atoms with Gasteiger partial charge in [0.15, 0.2) is 0 Å². The molecule has 0 fully saturated rings. The zero-order chi connectivity index (χ0) is 13.4. The Balaban J connectivity index is 2.21. The van der Waals surface area contributed by atoms with Gasteiger partial charge >= 0.3 is 5.97 Å². The molecular weight excluding hydrogens is 240 g/mol. The summed E-state index contributed by atoms with van der Waals surface area (Å²) in [6.45, 7) is 0. The van der Waals surface area contributed by atoms with Crippen LogP contribution in [0.3, 0.4) is 0 Å². The van der Waals surface area contributed by atoms with Gasteiger partial charge in [-0.15, -0.1) is 0 Å². The minimum absolute atomic E-state index is 0.290. The summed E-state index contributed by atoms with van der Waals surface area (Å²) in [4.78, 5) is 15.2. The van der Waals surface area contributed by atoms with Crippen molar-refractivity contribution in [2.75, 3.05) is 0 Å². The van der Waals surface area contributed by atoms with Crippen LogP contribution in [0.2, 0.25) is 0 Å². The highest BCUT2D eigenvalue weighted by atomic mass is 16.4. The van der Waals surface area contributed by atoms with Crippen molar-refractivity contribution in [3.05, 3.63) is 54.5 Å². The number of hydrogen-bond donors (Lipinski definition) is 1. The van der Waals surface area contributed by atoms with Gasteiger partial charge in [-0.3, -0.25) is 4.98 Å². The molecule has 19 heavy (non-hydrogen) atoms. The molecule has 2 heterocycles. The topological polar surface area (TPSA) is 55.1 Å². The largest absolute Gasteiger partial charge is 0.477 e. The lowest BCUT2D eigenvalue weighted by molar-refractivity contribution is 0.0687. The molecule has 0 bridgehead atoms. The van der Waals surface area contributed by atoms with E-state index in [0.717, 1.165) is 22.0 Å². The van der Waals surface area contributed by atoms with E-state index in [4.69, 9.17) is 5.11 Å². The molecule has 4 nitrogen and oxygen atoms in total. The number of nitrogens with zero attached hydrogens (tertiary/aromatic N) is 2. The van der Waals surface area contributed by atoms with Crippen LogP contribution in [0, 0.1) is 0 Å². The Morgan fingerprint density at radius 1 is 1.21 bits per heavy atom. The average Bonchev–Trinajstić information content (AvgIpc) is 2.77. The fourth-order valence-electron chi connectivity index (χ4n) is 2.25. The summed E-state index contributed by atoms with van der Waals surface area (Å²) in [7, 11) is 1.76. The van der Waals surface area contributed by atoms with E-state index in [9.17, 15) is 4.79 Å². The first-order valence-electron chi connectivity index (χ1n) is 5.90. The number of carboxylic acids is 1. The highest BCUT2D eigenvalue weighted by molar-refractivity contribution is 5.95. The summed E-state index contributed by atoms with van der Waals surface area (Å²) in [6.07, 6.45) is 3.52. The van der Waals surface area contributed by atoms with Gasteiger partial charge in [0.2, 0.25) is 0 Å². The molecule has 1 N–H and O–H groups in total. The summed E-state index contributed by atoms with van der Waals surface area (Å²) in [5, 5.41) is 10.0. The van der Waals surface area contributed by atoms with Crippen molar-refractivity contribution < 1.29 is 9.90 Å². The number of carboxylic acid groups (broad SMARTS) is 1. The number of hydrogen-bond acceptors (Lipinski definition) is 2. The highest BCUT2D eigenvalue weighted by Gasteiger charge is 2.12. The lowest BCUT2D eigenvalue weighted by Crippen LogP contribution is -2.03. The second-order valence-corrected chi connectivity index (χ2v) is 4.41. The van der Waals surface area contributed by atoms with Crippen LogP contribution >= 0.6 is 0 Å². The minimum Gasteiger partial charge on any atom is -0.477 e. The van der Waals surface area contributed by atoms with Crippen LogP contribution in [0.4, 0.5) is 0 Å². The molecule has 0 spiro atoms. The van der Waals surface area contributed by atoms with Gasteiger partial charge in [-0.1, -0.05) is 18.2 Å². The van der Waals surface area contributed by atoms with E-state index < -0.39 is 5.97 Å². The summed E-state index contributed by atoms with van der Waals surface area (Å²) in [5.74, 6) is -0.915. The minimum atomic E-state index is -0.915. The number of pyridine rings is 1. The molecule has 3 aromatic rings. The third-order valence-electron chi connectivity index (χ3n) is 3.26. The number of rotatable bonds is 2. The summed E-state index contributed by atoms with van der Waals surface area (Å²) in [6, 6.07) is 11.4. The first kappa shape index (κ1) is 11.5. The fourth-order valence-corrected chi connectivity index (χ4v) is 2.25. The number of aromatic nitrogens is 2. The Hall–Kier alpha value is -2.62. The summed E-state index contributed by atoms with van der Waals surface area (Å²) < 4.78 is 1.69. The molecule has 0 radical (unpaired) electrons. The van der Waals surface area contributed by atoms with Gasteiger partial charge in [-0.2, -0.15) is 0 Å². The van der Waals surface area contributed by atoms with Crippen molar-refractivity contribution in [3.63, 3.8) is 0 Å². The Kier molecular flexibility index (Phi) is 2.56. The van der Waals surface area contributed by atoms with Crippen molar-refractivity contribution in [3.8, 4) is 11.1 Å². The molecule has 94 valence electrons. The van der Waals surface area contributed by atoms with Gasteiger partial charge < -0.3 is 9.67 Å². The molecule has 0 atom stereocenters. The molecule has 0 aliphatic carbocycles. The van der Waals surface area contributed by atoms with E-state index in [2.05, 4.69) is 4.98 Å². The Bertz CT molecular complexity index is 760. The van der Waals surface area contributed by atoms with Crippen LogP contribution in [0.25, 0.3) is 22.0 Å². The van der Waals surface area contributed by atoms with Gasteiger partial charge in [-0.05, 0) is 23.8 Å². The third kappa shape index (κ3) is 1.87. The van der Waals surface area contributed by atoms with Gasteiger partial charge in [0, 0.05) is 35.9 Å². The smallest absolute Gasteiger partial charge is 0.352 e. The lowest BCUT2D eigenvalue weighted by Gasteiger charge is -2.03. The quantitative estimate of drug-likeness (QED) is 0.763. The number of fused-ring (bicyclic) bond motifs is 1. The van der Waals surface area contributed by atoms with E-state index in [0.29, 0.717) is 5.69 Å². The molecule has 0 amide bonds. The van der Waals surface area contributed by atoms with Crippen molar-refractivity contribution in [2.24, 2.45) is 7.05 Å². The van der Waals surface area contributed by atoms with E-state index in [1.807, 2.05) is 30.3 Å². The maximum Gasteiger partial charge on any atom is 0.352 e. The maximum absolute atomic E-state index is 11.1. The Morgan fingerprint density at radius 2 is 2.05 bits per heavy atom. The predicted octanol–water partition coefficient (Wildman–Crippen LogP) is 2.94.